The number of methoxy groups -OCH3 is 1. The van der Waals surface area contributed by atoms with Gasteiger partial charge in [0.1, 0.15) is 18.3 Å². The van der Waals surface area contributed by atoms with Gasteiger partial charge in [0.15, 0.2) is 0 Å². The van der Waals surface area contributed by atoms with Crippen molar-refractivity contribution >= 4 is 50.7 Å². The third-order valence-electron chi connectivity index (χ3n) is 7.43. The van der Waals surface area contributed by atoms with E-state index in [1.807, 2.05) is 6.92 Å². The molecule has 1 aliphatic carbocycles. The number of carbonyl (C=O) groups is 2. The minimum atomic E-state index is -4.21. The highest BCUT2D eigenvalue weighted by Crippen LogP contribution is 2.28. The third kappa shape index (κ3) is 7.56. The third-order valence-corrected chi connectivity index (χ3v) is 9.84. The van der Waals surface area contributed by atoms with Crippen molar-refractivity contribution in [3.8, 4) is 5.75 Å². The first kappa shape index (κ1) is 31.7. The number of nitrogens with one attached hydrogen (secondary N) is 1. The number of benzene rings is 3. The van der Waals surface area contributed by atoms with Crippen molar-refractivity contribution in [1.29, 1.82) is 0 Å². The van der Waals surface area contributed by atoms with Crippen molar-refractivity contribution < 1.29 is 22.7 Å². The molecule has 224 valence electrons. The molecule has 11 heteroatoms. The summed E-state index contributed by atoms with van der Waals surface area (Å²) >= 11 is 12.6. The zero-order valence-corrected chi connectivity index (χ0v) is 26.0. The Bertz CT molecular complexity index is 1480. The van der Waals surface area contributed by atoms with Crippen LogP contribution in [0.5, 0.6) is 5.75 Å². The zero-order chi connectivity index (χ0) is 30.3. The summed E-state index contributed by atoms with van der Waals surface area (Å²) in [7, 11) is -2.72. The quantitative estimate of drug-likeness (QED) is 0.262. The highest BCUT2D eigenvalue weighted by Gasteiger charge is 2.34. The van der Waals surface area contributed by atoms with E-state index in [1.165, 1.54) is 24.1 Å². The summed E-state index contributed by atoms with van der Waals surface area (Å²) in [4.78, 5) is 29.1. The van der Waals surface area contributed by atoms with Crippen LogP contribution in [0.15, 0.2) is 77.7 Å². The van der Waals surface area contributed by atoms with Crippen LogP contribution in [0.4, 0.5) is 5.69 Å². The summed E-state index contributed by atoms with van der Waals surface area (Å²) in [6, 6.07) is 18.4. The Morgan fingerprint density at radius 3 is 2.21 bits per heavy atom. The van der Waals surface area contributed by atoms with Gasteiger partial charge in [0, 0.05) is 22.6 Å². The molecule has 1 saturated carbocycles. The number of amides is 2. The van der Waals surface area contributed by atoms with E-state index in [4.69, 9.17) is 27.9 Å². The van der Waals surface area contributed by atoms with Gasteiger partial charge in [0.2, 0.25) is 11.8 Å². The molecule has 0 bridgehead atoms. The van der Waals surface area contributed by atoms with Gasteiger partial charge in [-0.1, -0.05) is 61.2 Å². The SMILES string of the molecule is CC[C@@H](C(=O)NC1CCCC1)N(Cc1ccccc1Cl)C(=O)CN(c1ccc(Cl)cc1)S(=O)(=O)c1ccc(OC)cc1. The van der Waals surface area contributed by atoms with E-state index in [-0.39, 0.29) is 29.1 Å². The molecule has 0 aliphatic heterocycles. The lowest BCUT2D eigenvalue weighted by molar-refractivity contribution is -0.140. The highest BCUT2D eigenvalue weighted by molar-refractivity contribution is 7.92. The van der Waals surface area contributed by atoms with Crippen LogP contribution in [0, 0.1) is 0 Å². The van der Waals surface area contributed by atoms with E-state index < -0.39 is 28.5 Å². The van der Waals surface area contributed by atoms with Gasteiger partial charge in [0.25, 0.3) is 10.0 Å². The number of anilines is 1. The maximum Gasteiger partial charge on any atom is 0.264 e. The van der Waals surface area contributed by atoms with E-state index >= 15 is 0 Å². The van der Waals surface area contributed by atoms with Crippen molar-refractivity contribution in [2.45, 2.75) is 62.6 Å². The molecule has 4 rings (SSSR count). The summed E-state index contributed by atoms with van der Waals surface area (Å²) < 4.78 is 34.2. The fraction of sp³-hybridized carbons (Fsp3) is 0.355. The van der Waals surface area contributed by atoms with E-state index in [1.54, 1.807) is 60.7 Å². The van der Waals surface area contributed by atoms with Gasteiger partial charge in [-0.2, -0.15) is 0 Å². The van der Waals surface area contributed by atoms with Gasteiger partial charge in [0.05, 0.1) is 17.7 Å². The summed E-state index contributed by atoms with van der Waals surface area (Å²) in [6.45, 7) is 1.32. The van der Waals surface area contributed by atoms with Crippen LogP contribution in [-0.4, -0.2) is 50.9 Å². The average molecular weight is 633 g/mol. The number of halogens is 2. The average Bonchev–Trinajstić information content (AvgIpc) is 3.50. The standard InChI is InChI=1S/C31H35Cl2N3O5S/c1-3-29(31(38)34-24-9-5-6-10-24)35(20-22-8-4-7-11-28(22)33)30(37)21-36(25-14-12-23(32)13-15-25)42(39,40)27-18-16-26(41-2)17-19-27/h4,7-8,11-19,24,29H,3,5-6,9-10,20-21H2,1-2H3,(H,34,38)/t29-/m0/s1. The lowest BCUT2D eigenvalue weighted by Gasteiger charge is -2.34. The van der Waals surface area contributed by atoms with Gasteiger partial charge in [-0.25, -0.2) is 8.42 Å². The molecular formula is C31H35Cl2N3O5S. The molecule has 3 aromatic carbocycles. The first-order chi connectivity index (χ1) is 20.1. The highest BCUT2D eigenvalue weighted by atomic mass is 35.5. The smallest absolute Gasteiger partial charge is 0.264 e. The molecule has 8 nitrogen and oxygen atoms in total. The molecule has 1 N–H and O–H groups in total. The number of carbonyl (C=O) groups excluding carboxylic acids is 2. The van der Waals surface area contributed by atoms with Crippen molar-refractivity contribution in [2.24, 2.45) is 0 Å². The fourth-order valence-electron chi connectivity index (χ4n) is 5.11. The van der Waals surface area contributed by atoms with Crippen LogP contribution < -0.4 is 14.4 Å². The van der Waals surface area contributed by atoms with Crippen LogP contribution in [0.25, 0.3) is 0 Å². The Labute approximate surface area is 257 Å². The van der Waals surface area contributed by atoms with E-state index in [2.05, 4.69) is 5.32 Å². The number of hydrogen-bond acceptors (Lipinski definition) is 5. The number of nitrogens with zero attached hydrogens (tertiary/aromatic N) is 2. The number of sulfonamides is 1. The molecule has 0 radical (unpaired) electrons. The Kier molecular flexibility index (Phi) is 10.8. The lowest BCUT2D eigenvalue weighted by Crippen LogP contribution is -2.53. The second-order valence-corrected chi connectivity index (χ2v) is 12.9. The summed E-state index contributed by atoms with van der Waals surface area (Å²) in [5, 5.41) is 3.96. The fourth-order valence-corrected chi connectivity index (χ4v) is 6.84. The topological polar surface area (TPSA) is 96.0 Å². The monoisotopic (exact) mass is 631 g/mol. The molecular weight excluding hydrogens is 597 g/mol. The molecule has 0 saturated heterocycles. The first-order valence-electron chi connectivity index (χ1n) is 13.9. The number of hydrogen-bond donors (Lipinski definition) is 1. The first-order valence-corrected chi connectivity index (χ1v) is 16.1. The van der Waals surface area contributed by atoms with Crippen LogP contribution in [0.2, 0.25) is 10.0 Å². The van der Waals surface area contributed by atoms with E-state index in [0.29, 0.717) is 27.8 Å². The molecule has 0 spiro atoms. The van der Waals surface area contributed by atoms with E-state index in [0.717, 1.165) is 30.0 Å². The molecule has 0 unspecified atom stereocenters. The van der Waals surface area contributed by atoms with Gasteiger partial charge >= 0.3 is 0 Å². The summed E-state index contributed by atoms with van der Waals surface area (Å²) in [6.07, 6.45) is 4.21. The Hall–Kier alpha value is -3.27. The molecule has 1 atom stereocenters. The number of ether oxygens (including phenoxy) is 1. The molecule has 0 aromatic heterocycles. The lowest BCUT2D eigenvalue weighted by atomic mass is 10.1. The molecule has 42 heavy (non-hydrogen) atoms. The van der Waals surface area contributed by atoms with Gasteiger partial charge < -0.3 is 15.0 Å². The maximum absolute atomic E-state index is 14.2. The second-order valence-electron chi connectivity index (χ2n) is 10.2. The molecule has 0 heterocycles. The second kappa shape index (κ2) is 14.3. The minimum Gasteiger partial charge on any atom is -0.497 e. The Morgan fingerprint density at radius 2 is 1.62 bits per heavy atom. The van der Waals surface area contributed by atoms with Crippen molar-refractivity contribution in [3.63, 3.8) is 0 Å². The maximum atomic E-state index is 14.2. The van der Waals surface area contributed by atoms with Gasteiger partial charge in [-0.3, -0.25) is 13.9 Å². The van der Waals surface area contributed by atoms with Gasteiger partial charge in [-0.05, 0) is 79.4 Å². The molecule has 1 fully saturated rings. The number of rotatable bonds is 12. The summed E-state index contributed by atoms with van der Waals surface area (Å²) in [5.74, 6) is -0.315. The predicted octanol–water partition coefficient (Wildman–Crippen LogP) is 6.06. The van der Waals surface area contributed by atoms with Crippen LogP contribution in [0.1, 0.15) is 44.6 Å². The largest absolute Gasteiger partial charge is 0.497 e. The predicted molar refractivity (Wildman–Crippen MR) is 165 cm³/mol. The van der Waals surface area contributed by atoms with Crippen molar-refractivity contribution in [1.82, 2.24) is 10.2 Å². The zero-order valence-electron chi connectivity index (χ0n) is 23.6. The summed E-state index contributed by atoms with van der Waals surface area (Å²) in [5.41, 5.74) is 0.903. The van der Waals surface area contributed by atoms with Crippen molar-refractivity contribution in [2.75, 3.05) is 18.0 Å². The van der Waals surface area contributed by atoms with Crippen LogP contribution in [-0.2, 0) is 26.2 Å². The van der Waals surface area contributed by atoms with Gasteiger partial charge in [-0.15, -0.1) is 0 Å². The minimum absolute atomic E-state index is 0.0188. The molecule has 2 amide bonds. The Morgan fingerprint density at radius 1 is 0.976 bits per heavy atom. The normalized spacial score (nSPS) is 14.3. The van der Waals surface area contributed by atoms with Crippen LogP contribution in [0.3, 0.4) is 0 Å². The Balaban J connectivity index is 1.71. The van der Waals surface area contributed by atoms with E-state index in [9.17, 15) is 18.0 Å². The van der Waals surface area contributed by atoms with Crippen molar-refractivity contribution in [3.05, 3.63) is 88.4 Å². The van der Waals surface area contributed by atoms with Crippen LogP contribution >= 0.6 is 23.2 Å². The molecule has 1 aliphatic rings. The molecule has 3 aromatic rings.